The van der Waals surface area contributed by atoms with Crippen LogP contribution in [0.5, 0.6) is 0 Å². The zero-order chi connectivity index (χ0) is 19.4. The Morgan fingerprint density at radius 2 is 1.21 bits per heavy atom. The van der Waals surface area contributed by atoms with Crippen LogP contribution in [0, 0.1) is 6.92 Å². The predicted octanol–water partition coefficient (Wildman–Crippen LogP) is 4.17. The van der Waals surface area contributed by atoms with E-state index in [1.165, 1.54) is 0 Å². The third kappa shape index (κ3) is 3.06. The summed E-state index contributed by atoms with van der Waals surface area (Å²) in [4.78, 5) is -1.54. The molecule has 0 fully saturated rings. The summed E-state index contributed by atoms with van der Waals surface area (Å²) in [6, 6.07) is 0.192. The molecule has 0 heterocycles. The Balaban J connectivity index is 4.09. The number of hydrogen-bond donors (Lipinski definition) is 1. The van der Waals surface area contributed by atoms with Gasteiger partial charge in [-0.1, -0.05) is 6.07 Å². The van der Waals surface area contributed by atoms with Gasteiger partial charge in [0.1, 0.15) is 0 Å². The number of benzene rings is 1. The van der Waals surface area contributed by atoms with E-state index in [1.54, 1.807) is 0 Å². The molecule has 0 saturated carbocycles. The lowest BCUT2D eigenvalue weighted by Crippen LogP contribution is -2.63. The SMILES string of the molecule is Cc1ccc(S(=O)(=O)O)cc1C(C(F)(F)F)(C(F)(F)F)C(F)(F)F. The van der Waals surface area contributed by atoms with Gasteiger partial charge in [0, 0.05) is 0 Å². The quantitative estimate of drug-likeness (QED) is 0.609. The van der Waals surface area contributed by atoms with Gasteiger partial charge < -0.3 is 0 Å². The summed E-state index contributed by atoms with van der Waals surface area (Å²) >= 11 is 0. The van der Waals surface area contributed by atoms with E-state index in [1.807, 2.05) is 0 Å². The molecule has 1 rings (SSSR count). The molecule has 0 aromatic heterocycles. The Morgan fingerprint density at radius 1 is 0.833 bits per heavy atom. The normalized spacial score (nSPS) is 14.8. The Bertz CT molecular complexity index is 693. The van der Waals surface area contributed by atoms with Gasteiger partial charge in [0.25, 0.3) is 15.5 Å². The van der Waals surface area contributed by atoms with Crippen LogP contribution < -0.4 is 0 Å². The number of hydrogen-bond acceptors (Lipinski definition) is 2. The minimum Gasteiger partial charge on any atom is -0.282 e. The molecule has 0 unspecified atom stereocenters. The van der Waals surface area contributed by atoms with E-state index in [2.05, 4.69) is 0 Å². The van der Waals surface area contributed by atoms with Crippen LogP contribution in [-0.4, -0.2) is 31.5 Å². The summed E-state index contributed by atoms with van der Waals surface area (Å²) in [6.45, 7) is 0.515. The standard InChI is InChI=1S/C11H7F9O3S/c1-5-2-3-6(24(21,22)23)4-7(5)8(9(12,13)14,10(15,16)17)11(18,19)20/h2-4H,1H3,(H,21,22,23). The number of halogens is 9. The minimum absolute atomic E-state index is 0.302. The summed E-state index contributed by atoms with van der Waals surface area (Å²) in [5, 5.41) is 0. The monoisotopic (exact) mass is 390 g/mol. The highest BCUT2D eigenvalue weighted by Gasteiger charge is 2.84. The second-order valence-electron chi connectivity index (χ2n) is 4.70. The molecule has 3 nitrogen and oxygen atoms in total. The first-order chi connectivity index (χ1) is 10.4. The van der Waals surface area contributed by atoms with Crippen molar-refractivity contribution in [2.75, 3.05) is 0 Å². The van der Waals surface area contributed by atoms with Crippen LogP contribution in [-0.2, 0) is 15.5 Å². The molecule has 24 heavy (non-hydrogen) atoms. The Kier molecular flexibility index (Phi) is 4.72. The third-order valence-electron chi connectivity index (χ3n) is 3.19. The van der Waals surface area contributed by atoms with Gasteiger partial charge in [-0.2, -0.15) is 47.9 Å². The lowest BCUT2D eigenvalue weighted by Gasteiger charge is -2.39. The van der Waals surface area contributed by atoms with Crippen molar-refractivity contribution < 1.29 is 52.5 Å². The fraction of sp³-hybridized carbons (Fsp3) is 0.455. The molecule has 13 heteroatoms. The van der Waals surface area contributed by atoms with E-state index in [0.29, 0.717) is 19.1 Å². The van der Waals surface area contributed by atoms with Crippen molar-refractivity contribution in [1.29, 1.82) is 0 Å². The Morgan fingerprint density at radius 3 is 1.50 bits per heavy atom. The first kappa shape index (κ1) is 20.5. The molecule has 0 atom stereocenters. The molecule has 0 amide bonds. The van der Waals surface area contributed by atoms with Crippen molar-refractivity contribution in [2.24, 2.45) is 0 Å². The summed E-state index contributed by atoms with van der Waals surface area (Å²) in [7, 11) is -5.34. The van der Waals surface area contributed by atoms with Crippen LogP contribution in [0.1, 0.15) is 11.1 Å². The van der Waals surface area contributed by atoms with Crippen molar-refractivity contribution in [3.05, 3.63) is 29.3 Å². The lowest BCUT2D eigenvalue weighted by atomic mass is 9.76. The van der Waals surface area contributed by atoms with Crippen LogP contribution in [0.4, 0.5) is 39.5 Å². The van der Waals surface area contributed by atoms with Crippen LogP contribution in [0.25, 0.3) is 0 Å². The second kappa shape index (κ2) is 5.51. The number of alkyl halides is 9. The Hall–Kier alpha value is -1.50. The molecule has 138 valence electrons. The van der Waals surface area contributed by atoms with Gasteiger partial charge in [-0.3, -0.25) is 4.55 Å². The van der Waals surface area contributed by atoms with Crippen LogP contribution >= 0.6 is 0 Å². The van der Waals surface area contributed by atoms with Gasteiger partial charge >= 0.3 is 18.5 Å². The van der Waals surface area contributed by atoms with Crippen LogP contribution in [0.15, 0.2) is 23.1 Å². The van der Waals surface area contributed by atoms with E-state index in [9.17, 15) is 47.9 Å². The third-order valence-corrected chi connectivity index (χ3v) is 4.04. The Labute approximate surface area is 128 Å². The maximum absolute atomic E-state index is 13.0. The summed E-state index contributed by atoms with van der Waals surface area (Å²) in [5.74, 6) is 0. The van der Waals surface area contributed by atoms with Crippen molar-refractivity contribution in [1.82, 2.24) is 0 Å². The first-order valence-corrected chi connectivity index (χ1v) is 7.10. The smallest absolute Gasteiger partial charge is 0.282 e. The highest BCUT2D eigenvalue weighted by atomic mass is 32.2. The average molecular weight is 390 g/mol. The van der Waals surface area contributed by atoms with E-state index < -0.39 is 56.2 Å². The first-order valence-electron chi connectivity index (χ1n) is 5.66. The molecule has 0 radical (unpaired) electrons. The van der Waals surface area contributed by atoms with Crippen molar-refractivity contribution in [2.45, 2.75) is 35.8 Å². The van der Waals surface area contributed by atoms with E-state index in [0.717, 1.165) is 0 Å². The zero-order valence-electron chi connectivity index (χ0n) is 11.3. The average Bonchev–Trinajstić information content (AvgIpc) is 2.24. The van der Waals surface area contributed by atoms with Gasteiger partial charge in [0.15, 0.2) is 0 Å². The molecular weight excluding hydrogens is 383 g/mol. The molecule has 0 aliphatic rings. The lowest BCUT2D eigenvalue weighted by molar-refractivity contribution is -0.387. The van der Waals surface area contributed by atoms with Gasteiger partial charge in [-0.25, -0.2) is 0 Å². The van der Waals surface area contributed by atoms with Crippen LogP contribution in [0.2, 0.25) is 0 Å². The molecule has 0 bridgehead atoms. The molecule has 0 aliphatic heterocycles. The zero-order valence-corrected chi connectivity index (χ0v) is 12.1. The molecule has 0 saturated heterocycles. The summed E-state index contributed by atoms with van der Waals surface area (Å²) in [6.07, 6.45) is -20.6. The summed E-state index contributed by atoms with van der Waals surface area (Å²) in [5.41, 5.74) is -9.82. The minimum atomic E-state index is -6.88. The molecule has 0 spiro atoms. The topological polar surface area (TPSA) is 54.4 Å². The highest BCUT2D eigenvalue weighted by Crippen LogP contribution is 2.61. The number of rotatable bonds is 2. The molecule has 1 aromatic carbocycles. The maximum atomic E-state index is 13.0. The van der Waals surface area contributed by atoms with Gasteiger partial charge in [0.05, 0.1) is 4.90 Å². The van der Waals surface area contributed by atoms with Crippen molar-refractivity contribution in [3.8, 4) is 0 Å². The predicted molar refractivity (Wildman–Crippen MR) is 60.8 cm³/mol. The van der Waals surface area contributed by atoms with Gasteiger partial charge in [0.2, 0.25) is 0 Å². The van der Waals surface area contributed by atoms with Crippen molar-refractivity contribution in [3.63, 3.8) is 0 Å². The second-order valence-corrected chi connectivity index (χ2v) is 6.12. The van der Waals surface area contributed by atoms with E-state index in [4.69, 9.17) is 4.55 Å². The molecule has 1 N–H and O–H groups in total. The molecule has 1 aromatic rings. The largest absolute Gasteiger partial charge is 0.416 e. The molecular formula is C11H7F9O3S. The van der Waals surface area contributed by atoms with Crippen molar-refractivity contribution >= 4 is 10.1 Å². The van der Waals surface area contributed by atoms with Gasteiger partial charge in [-0.05, 0) is 30.2 Å². The number of aryl methyl sites for hydroxylation is 1. The fourth-order valence-electron chi connectivity index (χ4n) is 2.11. The summed E-state index contributed by atoms with van der Waals surface area (Å²) < 4.78 is 148. The maximum Gasteiger partial charge on any atom is 0.416 e. The molecule has 0 aliphatic carbocycles. The van der Waals surface area contributed by atoms with E-state index in [-0.39, 0.29) is 0 Å². The van der Waals surface area contributed by atoms with Crippen LogP contribution in [0.3, 0.4) is 0 Å². The highest BCUT2D eigenvalue weighted by molar-refractivity contribution is 7.85. The fourth-order valence-corrected chi connectivity index (χ4v) is 2.61. The van der Waals surface area contributed by atoms with E-state index >= 15 is 0 Å². The van der Waals surface area contributed by atoms with Gasteiger partial charge in [-0.15, -0.1) is 0 Å².